The minimum Gasteiger partial charge on any atom is -0.480 e. The predicted molar refractivity (Wildman–Crippen MR) is 68.6 cm³/mol. The van der Waals surface area contributed by atoms with E-state index in [9.17, 15) is 14.4 Å². The van der Waals surface area contributed by atoms with E-state index in [4.69, 9.17) is 5.11 Å². The van der Waals surface area contributed by atoms with Crippen LogP contribution in [-0.2, 0) is 9.59 Å². The number of carbonyl (C=O) groups excluding carboxylic acids is 2. The van der Waals surface area contributed by atoms with Crippen LogP contribution in [0.1, 0.15) is 26.7 Å². The highest BCUT2D eigenvalue weighted by Gasteiger charge is 2.30. The molecule has 1 aliphatic heterocycles. The summed E-state index contributed by atoms with van der Waals surface area (Å²) in [6.07, 6.45) is 1.96. The Morgan fingerprint density at radius 3 is 2.53 bits per heavy atom. The third kappa shape index (κ3) is 4.76. The van der Waals surface area contributed by atoms with Crippen LogP contribution in [0.3, 0.4) is 0 Å². The lowest BCUT2D eigenvalue weighted by atomic mass is 10.0. The highest BCUT2D eigenvalue weighted by atomic mass is 16.4. The van der Waals surface area contributed by atoms with Gasteiger partial charge in [0.05, 0.1) is 6.54 Å². The van der Waals surface area contributed by atoms with Crippen molar-refractivity contribution in [3.63, 3.8) is 0 Å². The highest BCUT2D eigenvalue weighted by molar-refractivity contribution is 5.86. The van der Waals surface area contributed by atoms with Crippen molar-refractivity contribution in [1.29, 1.82) is 0 Å². The van der Waals surface area contributed by atoms with Crippen molar-refractivity contribution in [1.82, 2.24) is 15.5 Å². The van der Waals surface area contributed by atoms with E-state index >= 15 is 0 Å². The zero-order valence-corrected chi connectivity index (χ0v) is 11.3. The van der Waals surface area contributed by atoms with Crippen LogP contribution in [0.2, 0.25) is 0 Å². The number of nitrogens with one attached hydrogen (secondary N) is 2. The molecule has 19 heavy (non-hydrogen) atoms. The summed E-state index contributed by atoms with van der Waals surface area (Å²) in [6.45, 7) is 4.19. The van der Waals surface area contributed by atoms with Crippen LogP contribution in [0.25, 0.3) is 0 Å². The molecule has 3 amide bonds. The maximum atomic E-state index is 11.9. The first-order chi connectivity index (χ1) is 8.91. The summed E-state index contributed by atoms with van der Waals surface area (Å²) in [7, 11) is 0. The SMILES string of the molecule is CC(C)C1CCCN1C(=O)NCC(=O)NCC(=O)O. The Bertz CT molecular complexity index is 357. The summed E-state index contributed by atoms with van der Waals surface area (Å²) in [4.78, 5) is 35.2. The van der Waals surface area contributed by atoms with Gasteiger partial charge in [0.15, 0.2) is 0 Å². The molecule has 7 heteroatoms. The van der Waals surface area contributed by atoms with Crippen molar-refractivity contribution in [2.75, 3.05) is 19.6 Å². The van der Waals surface area contributed by atoms with Crippen molar-refractivity contribution in [2.24, 2.45) is 5.92 Å². The number of aliphatic carboxylic acids is 1. The van der Waals surface area contributed by atoms with Gasteiger partial charge in [-0.05, 0) is 18.8 Å². The number of carboxylic acid groups (broad SMARTS) is 1. The van der Waals surface area contributed by atoms with Crippen LogP contribution in [-0.4, -0.2) is 53.6 Å². The van der Waals surface area contributed by atoms with Crippen LogP contribution in [0.5, 0.6) is 0 Å². The second-order valence-corrected chi connectivity index (χ2v) is 4.98. The van der Waals surface area contributed by atoms with Gasteiger partial charge < -0.3 is 20.6 Å². The van der Waals surface area contributed by atoms with E-state index in [0.29, 0.717) is 12.5 Å². The first-order valence-corrected chi connectivity index (χ1v) is 6.44. The first-order valence-electron chi connectivity index (χ1n) is 6.44. The average Bonchev–Trinajstić information content (AvgIpc) is 2.82. The Balaban J connectivity index is 2.34. The quantitative estimate of drug-likeness (QED) is 0.656. The molecule has 1 heterocycles. The van der Waals surface area contributed by atoms with E-state index < -0.39 is 18.4 Å². The van der Waals surface area contributed by atoms with Crippen molar-refractivity contribution in [2.45, 2.75) is 32.7 Å². The number of amides is 3. The number of urea groups is 1. The second kappa shape index (κ2) is 6.96. The standard InChI is InChI=1S/C12H21N3O4/c1-8(2)9-4-3-5-15(9)12(19)14-6-10(16)13-7-11(17)18/h8-9H,3-7H2,1-2H3,(H,13,16)(H,14,19)(H,17,18). The molecule has 1 aliphatic rings. The van der Waals surface area contributed by atoms with Crippen molar-refractivity contribution in [3.8, 4) is 0 Å². The summed E-state index contributed by atoms with van der Waals surface area (Å²) >= 11 is 0. The molecular formula is C12H21N3O4. The van der Waals surface area contributed by atoms with Crippen molar-refractivity contribution >= 4 is 17.9 Å². The van der Waals surface area contributed by atoms with Gasteiger partial charge in [-0.1, -0.05) is 13.8 Å². The summed E-state index contributed by atoms with van der Waals surface area (Å²) < 4.78 is 0. The predicted octanol–water partition coefficient (Wildman–Crippen LogP) is 0.0172. The molecular weight excluding hydrogens is 250 g/mol. The molecule has 0 spiro atoms. The highest BCUT2D eigenvalue weighted by Crippen LogP contribution is 2.23. The number of likely N-dealkylation sites (tertiary alicyclic amines) is 1. The van der Waals surface area contributed by atoms with E-state index in [1.54, 1.807) is 4.90 Å². The average molecular weight is 271 g/mol. The van der Waals surface area contributed by atoms with E-state index in [1.807, 2.05) is 0 Å². The minimum absolute atomic E-state index is 0.201. The van der Waals surface area contributed by atoms with Crippen LogP contribution in [0, 0.1) is 5.92 Å². The molecule has 0 bridgehead atoms. The molecule has 7 nitrogen and oxygen atoms in total. The van der Waals surface area contributed by atoms with Crippen LogP contribution >= 0.6 is 0 Å². The van der Waals surface area contributed by atoms with Crippen LogP contribution in [0.15, 0.2) is 0 Å². The summed E-state index contributed by atoms with van der Waals surface area (Å²) in [5.74, 6) is -1.23. The van der Waals surface area contributed by atoms with Gasteiger partial charge in [-0.15, -0.1) is 0 Å². The fraction of sp³-hybridized carbons (Fsp3) is 0.750. The fourth-order valence-corrected chi connectivity index (χ4v) is 2.23. The van der Waals surface area contributed by atoms with Gasteiger partial charge in [0.1, 0.15) is 6.54 Å². The third-order valence-corrected chi connectivity index (χ3v) is 3.17. The lowest BCUT2D eigenvalue weighted by Gasteiger charge is -2.27. The van der Waals surface area contributed by atoms with Gasteiger partial charge in [0.2, 0.25) is 5.91 Å². The van der Waals surface area contributed by atoms with Crippen molar-refractivity contribution < 1.29 is 19.5 Å². The zero-order chi connectivity index (χ0) is 14.4. The lowest BCUT2D eigenvalue weighted by Crippen LogP contribution is -2.47. The Morgan fingerprint density at radius 2 is 1.95 bits per heavy atom. The number of hydrogen-bond donors (Lipinski definition) is 3. The molecule has 1 rings (SSSR count). The summed E-state index contributed by atoms with van der Waals surface area (Å²) in [6, 6.07) is -0.0521. The maximum absolute atomic E-state index is 11.9. The van der Waals surface area contributed by atoms with E-state index in [1.165, 1.54) is 0 Å². The Labute approximate surface area is 112 Å². The van der Waals surface area contributed by atoms with Gasteiger partial charge in [0.25, 0.3) is 0 Å². The smallest absolute Gasteiger partial charge is 0.322 e. The Hall–Kier alpha value is -1.79. The van der Waals surface area contributed by atoms with E-state index in [-0.39, 0.29) is 18.6 Å². The molecule has 1 atom stereocenters. The van der Waals surface area contributed by atoms with E-state index in [0.717, 1.165) is 12.8 Å². The molecule has 0 aliphatic carbocycles. The summed E-state index contributed by atoms with van der Waals surface area (Å²) in [5.41, 5.74) is 0. The van der Waals surface area contributed by atoms with Crippen LogP contribution in [0.4, 0.5) is 4.79 Å². The minimum atomic E-state index is -1.11. The Morgan fingerprint density at radius 1 is 1.26 bits per heavy atom. The van der Waals surface area contributed by atoms with Gasteiger partial charge in [-0.25, -0.2) is 4.79 Å². The molecule has 1 fully saturated rings. The van der Waals surface area contributed by atoms with Gasteiger partial charge >= 0.3 is 12.0 Å². The molecule has 0 radical (unpaired) electrons. The zero-order valence-electron chi connectivity index (χ0n) is 11.3. The van der Waals surface area contributed by atoms with Gasteiger partial charge in [-0.3, -0.25) is 9.59 Å². The number of hydrogen-bond acceptors (Lipinski definition) is 3. The maximum Gasteiger partial charge on any atom is 0.322 e. The first kappa shape index (κ1) is 15.3. The molecule has 0 saturated carbocycles. The number of carboxylic acids is 1. The Kier molecular flexibility index (Phi) is 5.59. The monoisotopic (exact) mass is 271 g/mol. The topological polar surface area (TPSA) is 98.7 Å². The number of carbonyl (C=O) groups is 3. The van der Waals surface area contributed by atoms with Crippen molar-refractivity contribution in [3.05, 3.63) is 0 Å². The molecule has 0 aromatic heterocycles. The second-order valence-electron chi connectivity index (χ2n) is 4.98. The largest absolute Gasteiger partial charge is 0.480 e. The molecule has 0 aromatic carbocycles. The normalized spacial score (nSPS) is 18.5. The molecule has 3 N–H and O–H groups in total. The molecule has 1 saturated heterocycles. The summed E-state index contributed by atoms with van der Waals surface area (Å²) in [5, 5.41) is 13.1. The number of nitrogens with zero attached hydrogens (tertiary/aromatic N) is 1. The molecule has 0 aromatic rings. The fourth-order valence-electron chi connectivity index (χ4n) is 2.23. The van der Waals surface area contributed by atoms with Gasteiger partial charge in [-0.2, -0.15) is 0 Å². The third-order valence-electron chi connectivity index (χ3n) is 3.17. The van der Waals surface area contributed by atoms with Crippen LogP contribution < -0.4 is 10.6 Å². The lowest BCUT2D eigenvalue weighted by molar-refractivity contribution is -0.137. The molecule has 1 unspecified atom stereocenters. The van der Waals surface area contributed by atoms with E-state index in [2.05, 4.69) is 24.5 Å². The molecule has 108 valence electrons. The van der Waals surface area contributed by atoms with Gasteiger partial charge in [0, 0.05) is 12.6 Å². The number of rotatable bonds is 5.